The molecule has 0 spiro atoms. The molecule has 0 radical (unpaired) electrons. The Morgan fingerprint density at radius 2 is 1.95 bits per heavy atom. The molecule has 0 fully saturated rings. The lowest BCUT2D eigenvalue weighted by Gasteiger charge is -2.12. The summed E-state index contributed by atoms with van der Waals surface area (Å²) in [6.45, 7) is 0. The summed E-state index contributed by atoms with van der Waals surface area (Å²) in [5.74, 6) is -2.64. The van der Waals surface area contributed by atoms with Gasteiger partial charge < -0.3 is 0 Å². The first-order chi connectivity index (χ1) is 9.88. The summed E-state index contributed by atoms with van der Waals surface area (Å²) in [6.07, 6.45) is 2.62. The molecule has 1 N–H and O–H groups in total. The van der Waals surface area contributed by atoms with E-state index in [0.717, 1.165) is 0 Å². The fourth-order valence-corrected chi connectivity index (χ4v) is 3.74. The zero-order valence-corrected chi connectivity index (χ0v) is 13.6. The zero-order chi connectivity index (χ0) is 15.5. The van der Waals surface area contributed by atoms with Crippen molar-refractivity contribution in [3.63, 3.8) is 0 Å². The third-order valence-electron chi connectivity index (χ3n) is 2.34. The molecule has 0 aliphatic rings. The first-order valence-corrected chi connectivity index (χ1v) is 8.71. The van der Waals surface area contributed by atoms with Crippen LogP contribution in [0.2, 0.25) is 0 Å². The number of para-hydroxylation sites is 1. The molecule has 0 aliphatic carbocycles. The van der Waals surface area contributed by atoms with Gasteiger partial charge >= 0.3 is 0 Å². The molecule has 0 saturated carbocycles. The van der Waals surface area contributed by atoms with Crippen molar-refractivity contribution in [3.8, 4) is 0 Å². The highest BCUT2D eigenvalue weighted by molar-refractivity contribution is 9.10. The third kappa shape index (κ3) is 4.39. The predicted molar refractivity (Wildman–Crippen MR) is 81.0 cm³/mol. The molecule has 9 heteroatoms. The molecule has 0 saturated heterocycles. The SMILES string of the molecule is O=S(=O)(Nc1ccccc1SC(F)F)c1cncc(Br)c1. The monoisotopic (exact) mass is 394 g/mol. The summed E-state index contributed by atoms with van der Waals surface area (Å²) in [4.78, 5) is 3.86. The predicted octanol–water partition coefficient (Wildman–Crippen LogP) is 3.96. The smallest absolute Gasteiger partial charge is 0.278 e. The minimum Gasteiger partial charge on any atom is -0.278 e. The van der Waals surface area contributed by atoms with E-state index >= 15 is 0 Å². The number of halogens is 3. The van der Waals surface area contributed by atoms with Crippen molar-refractivity contribution in [3.05, 3.63) is 47.2 Å². The van der Waals surface area contributed by atoms with E-state index in [1.807, 2.05) is 0 Å². The normalized spacial score (nSPS) is 11.6. The van der Waals surface area contributed by atoms with Gasteiger partial charge in [-0.15, -0.1) is 0 Å². The van der Waals surface area contributed by atoms with Gasteiger partial charge in [0.1, 0.15) is 4.90 Å². The Morgan fingerprint density at radius 1 is 1.24 bits per heavy atom. The van der Waals surface area contributed by atoms with Crippen LogP contribution in [0.15, 0.2) is 57.0 Å². The van der Waals surface area contributed by atoms with E-state index < -0.39 is 15.8 Å². The summed E-state index contributed by atoms with van der Waals surface area (Å²) in [5, 5.41) is 0. The Bertz CT molecular complexity index is 742. The molecule has 1 aromatic carbocycles. The van der Waals surface area contributed by atoms with Crippen LogP contribution in [0.4, 0.5) is 14.5 Å². The minimum atomic E-state index is -3.89. The Morgan fingerprint density at radius 3 is 2.62 bits per heavy atom. The van der Waals surface area contributed by atoms with Crippen LogP contribution in [0.25, 0.3) is 0 Å². The Labute approximate surface area is 133 Å². The lowest BCUT2D eigenvalue weighted by atomic mass is 10.3. The van der Waals surface area contributed by atoms with Gasteiger partial charge in [0, 0.05) is 21.8 Å². The topological polar surface area (TPSA) is 59.1 Å². The van der Waals surface area contributed by atoms with Crippen molar-refractivity contribution in [2.75, 3.05) is 4.72 Å². The fourth-order valence-electron chi connectivity index (χ4n) is 1.49. The van der Waals surface area contributed by atoms with Crippen LogP contribution in [-0.4, -0.2) is 19.2 Å². The number of hydrogen-bond acceptors (Lipinski definition) is 4. The second kappa shape index (κ2) is 6.71. The van der Waals surface area contributed by atoms with E-state index in [0.29, 0.717) is 4.47 Å². The highest BCUT2D eigenvalue weighted by Gasteiger charge is 2.18. The van der Waals surface area contributed by atoms with Crippen molar-refractivity contribution in [2.24, 2.45) is 0 Å². The Hall–Kier alpha value is -1.19. The molecule has 1 aromatic heterocycles. The average Bonchev–Trinajstić information content (AvgIpc) is 2.40. The van der Waals surface area contributed by atoms with Crippen LogP contribution >= 0.6 is 27.7 Å². The van der Waals surface area contributed by atoms with Crippen molar-refractivity contribution in [1.29, 1.82) is 0 Å². The van der Waals surface area contributed by atoms with Gasteiger partial charge in [-0.25, -0.2) is 8.42 Å². The summed E-state index contributed by atoms with van der Waals surface area (Å²) < 4.78 is 52.2. The standard InChI is InChI=1S/C12H9BrF2N2O2S2/c13-8-5-9(7-16-6-8)21(18,19)17-10-3-1-2-4-11(10)20-12(14)15/h1-7,12,17H. The fraction of sp³-hybridized carbons (Fsp3) is 0.0833. The number of sulfonamides is 1. The number of pyridine rings is 1. The maximum absolute atomic E-state index is 12.5. The number of nitrogens with zero attached hydrogens (tertiary/aromatic N) is 1. The van der Waals surface area contributed by atoms with Gasteiger partial charge in [-0.2, -0.15) is 8.78 Å². The van der Waals surface area contributed by atoms with Crippen molar-refractivity contribution >= 4 is 43.4 Å². The van der Waals surface area contributed by atoms with Crippen LogP contribution in [-0.2, 0) is 10.0 Å². The average molecular weight is 395 g/mol. The number of alkyl halides is 2. The molecule has 112 valence electrons. The molecular weight excluding hydrogens is 386 g/mol. The molecule has 1 heterocycles. The van der Waals surface area contributed by atoms with Gasteiger partial charge in [-0.05, 0) is 34.1 Å². The highest BCUT2D eigenvalue weighted by atomic mass is 79.9. The molecule has 2 rings (SSSR count). The first-order valence-electron chi connectivity index (χ1n) is 5.56. The lowest BCUT2D eigenvalue weighted by Crippen LogP contribution is -2.14. The molecule has 21 heavy (non-hydrogen) atoms. The maximum Gasteiger partial charge on any atom is 0.288 e. The minimum absolute atomic E-state index is 0.0614. The Kier molecular flexibility index (Phi) is 5.17. The summed E-state index contributed by atoms with van der Waals surface area (Å²) in [7, 11) is -3.89. The van der Waals surface area contributed by atoms with Gasteiger partial charge in [0.25, 0.3) is 15.8 Å². The number of rotatable bonds is 5. The molecule has 4 nitrogen and oxygen atoms in total. The van der Waals surface area contributed by atoms with E-state index in [9.17, 15) is 17.2 Å². The van der Waals surface area contributed by atoms with Gasteiger partial charge in [0.15, 0.2) is 0 Å². The summed E-state index contributed by atoms with van der Waals surface area (Å²) >= 11 is 3.41. The Balaban J connectivity index is 2.33. The molecular formula is C12H9BrF2N2O2S2. The van der Waals surface area contributed by atoms with E-state index in [-0.39, 0.29) is 27.2 Å². The zero-order valence-electron chi connectivity index (χ0n) is 10.3. The van der Waals surface area contributed by atoms with Crippen LogP contribution in [0, 0.1) is 0 Å². The molecule has 0 aliphatic heterocycles. The van der Waals surface area contributed by atoms with E-state index in [1.165, 1.54) is 30.6 Å². The van der Waals surface area contributed by atoms with Crippen molar-refractivity contribution in [2.45, 2.75) is 15.5 Å². The maximum atomic E-state index is 12.5. The third-order valence-corrected chi connectivity index (χ3v) is 4.89. The number of benzene rings is 1. The largest absolute Gasteiger partial charge is 0.288 e. The van der Waals surface area contributed by atoms with Gasteiger partial charge in [-0.3, -0.25) is 9.71 Å². The summed E-state index contributed by atoms with van der Waals surface area (Å²) in [6, 6.07) is 7.34. The molecule has 0 unspecified atom stereocenters. The first kappa shape index (κ1) is 16.2. The van der Waals surface area contributed by atoms with Crippen LogP contribution < -0.4 is 4.72 Å². The summed E-state index contributed by atoms with van der Waals surface area (Å²) in [5.41, 5.74) is 0.0998. The van der Waals surface area contributed by atoms with Crippen LogP contribution in [0.1, 0.15) is 0 Å². The second-order valence-electron chi connectivity index (χ2n) is 3.82. The van der Waals surface area contributed by atoms with Gasteiger partial charge in [0.05, 0.1) is 5.69 Å². The van der Waals surface area contributed by atoms with Crippen molar-refractivity contribution < 1.29 is 17.2 Å². The van der Waals surface area contributed by atoms with Crippen LogP contribution in [0.3, 0.4) is 0 Å². The molecule has 2 aromatic rings. The van der Waals surface area contributed by atoms with Crippen LogP contribution in [0.5, 0.6) is 0 Å². The van der Waals surface area contributed by atoms with E-state index in [2.05, 4.69) is 25.6 Å². The molecule has 0 atom stereocenters. The van der Waals surface area contributed by atoms with Gasteiger partial charge in [-0.1, -0.05) is 23.9 Å². The number of thioether (sulfide) groups is 1. The molecule has 0 bridgehead atoms. The number of aromatic nitrogens is 1. The number of anilines is 1. The van der Waals surface area contributed by atoms with E-state index in [4.69, 9.17) is 0 Å². The number of nitrogens with one attached hydrogen (secondary N) is 1. The van der Waals surface area contributed by atoms with E-state index in [1.54, 1.807) is 12.1 Å². The number of hydrogen-bond donors (Lipinski definition) is 1. The highest BCUT2D eigenvalue weighted by Crippen LogP contribution is 2.32. The van der Waals surface area contributed by atoms with Gasteiger partial charge in [0.2, 0.25) is 0 Å². The lowest BCUT2D eigenvalue weighted by molar-refractivity contribution is 0.252. The molecule has 0 amide bonds. The quantitative estimate of drug-likeness (QED) is 0.779. The second-order valence-corrected chi connectivity index (χ2v) is 7.45. The van der Waals surface area contributed by atoms with Crippen molar-refractivity contribution in [1.82, 2.24) is 4.98 Å².